The van der Waals surface area contributed by atoms with Gasteiger partial charge in [0.05, 0.1) is 6.07 Å². The molecular formula is C20H17ClN2O3. The molecular weight excluding hydrogens is 352 g/mol. The summed E-state index contributed by atoms with van der Waals surface area (Å²) in [5, 5.41) is 12.4. The minimum atomic E-state index is -1.26. The van der Waals surface area contributed by atoms with Crippen molar-refractivity contribution in [1.29, 1.82) is 5.26 Å². The molecule has 0 saturated heterocycles. The van der Waals surface area contributed by atoms with Gasteiger partial charge < -0.3 is 10.1 Å². The summed E-state index contributed by atoms with van der Waals surface area (Å²) in [6, 6.07) is 13.9. The predicted octanol–water partition coefficient (Wildman–Crippen LogP) is 4.50. The first-order valence-electron chi connectivity index (χ1n) is 8.26. The second kappa shape index (κ2) is 7.59. The van der Waals surface area contributed by atoms with Crippen molar-refractivity contribution in [3.05, 3.63) is 53.1 Å². The Labute approximate surface area is 156 Å². The van der Waals surface area contributed by atoms with Gasteiger partial charge in [0.15, 0.2) is 11.7 Å². The molecule has 6 heteroatoms. The monoisotopic (exact) mass is 368 g/mol. The Morgan fingerprint density at radius 1 is 1.23 bits per heavy atom. The molecule has 1 atom stereocenters. The van der Waals surface area contributed by atoms with Gasteiger partial charge in [-0.2, -0.15) is 5.26 Å². The molecule has 0 heterocycles. The average Bonchev–Trinajstić information content (AvgIpc) is 3.45. The zero-order valence-electron chi connectivity index (χ0n) is 14.2. The third kappa shape index (κ3) is 4.22. The minimum Gasteiger partial charge on any atom is -0.457 e. The fourth-order valence-corrected chi connectivity index (χ4v) is 2.67. The molecule has 132 valence electrons. The lowest BCUT2D eigenvalue weighted by Gasteiger charge is -2.12. The molecule has 1 fully saturated rings. The van der Waals surface area contributed by atoms with Crippen molar-refractivity contribution in [3.63, 3.8) is 0 Å². The number of carbonyl (C=O) groups is 2. The number of aryl methyl sites for hydroxylation is 1. The van der Waals surface area contributed by atoms with Gasteiger partial charge in [-0.05, 0) is 67.8 Å². The number of nitrogens with zero attached hydrogens (tertiary/aromatic N) is 1. The quantitative estimate of drug-likeness (QED) is 0.761. The number of benzene rings is 2. The van der Waals surface area contributed by atoms with Crippen LogP contribution in [0.2, 0.25) is 5.02 Å². The zero-order chi connectivity index (χ0) is 18.7. The molecule has 2 aromatic rings. The molecule has 1 aliphatic carbocycles. The van der Waals surface area contributed by atoms with Gasteiger partial charge in [-0.25, -0.2) is 0 Å². The van der Waals surface area contributed by atoms with Crippen LogP contribution in [0.25, 0.3) is 0 Å². The molecule has 1 unspecified atom stereocenters. The van der Waals surface area contributed by atoms with Crippen molar-refractivity contribution in [2.24, 2.45) is 11.8 Å². The van der Waals surface area contributed by atoms with Crippen molar-refractivity contribution >= 4 is 29.0 Å². The number of anilines is 1. The largest absolute Gasteiger partial charge is 0.457 e. The first-order valence-corrected chi connectivity index (χ1v) is 8.64. The summed E-state index contributed by atoms with van der Waals surface area (Å²) in [6.07, 6.45) is 1.53. The van der Waals surface area contributed by atoms with Crippen molar-refractivity contribution < 1.29 is 14.3 Å². The summed E-state index contributed by atoms with van der Waals surface area (Å²) in [5.74, 6) is -0.986. The molecule has 2 aromatic carbocycles. The Hall–Kier alpha value is -2.84. The van der Waals surface area contributed by atoms with E-state index in [1.54, 1.807) is 42.5 Å². The van der Waals surface area contributed by atoms with E-state index in [1.807, 2.05) is 13.0 Å². The van der Waals surface area contributed by atoms with Crippen molar-refractivity contribution in [3.8, 4) is 17.6 Å². The lowest BCUT2D eigenvalue weighted by Crippen LogP contribution is -2.29. The highest BCUT2D eigenvalue weighted by Crippen LogP contribution is 2.33. The number of carbonyl (C=O) groups excluding carboxylic acids is 2. The van der Waals surface area contributed by atoms with Gasteiger partial charge in [-0.1, -0.05) is 11.6 Å². The van der Waals surface area contributed by atoms with E-state index in [0.717, 1.165) is 18.4 Å². The predicted molar refractivity (Wildman–Crippen MR) is 98.2 cm³/mol. The number of ketones is 1. The van der Waals surface area contributed by atoms with Crippen LogP contribution in [0.5, 0.6) is 11.5 Å². The van der Waals surface area contributed by atoms with Gasteiger partial charge in [0.25, 0.3) is 0 Å². The number of hydrogen-bond donors (Lipinski definition) is 1. The van der Waals surface area contributed by atoms with Crippen LogP contribution in [-0.4, -0.2) is 11.7 Å². The summed E-state index contributed by atoms with van der Waals surface area (Å²) < 4.78 is 5.79. The van der Waals surface area contributed by atoms with Gasteiger partial charge in [0, 0.05) is 16.6 Å². The first kappa shape index (κ1) is 18.0. The number of halogens is 1. The molecule has 0 aromatic heterocycles. The number of amides is 1. The highest BCUT2D eigenvalue weighted by atomic mass is 35.5. The summed E-state index contributed by atoms with van der Waals surface area (Å²) in [6.45, 7) is 1.85. The Morgan fingerprint density at radius 2 is 1.92 bits per heavy atom. The van der Waals surface area contributed by atoms with E-state index in [4.69, 9.17) is 21.6 Å². The average molecular weight is 369 g/mol. The first-order chi connectivity index (χ1) is 12.5. The second-order valence-electron chi connectivity index (χ2n) is 6.26. The topological polar surface area (TPSA) is 79.2 Å². The maximum Gasteiger partial charge on any atom is 0.249 e. The Morgan fingerprint density at radius 3 is 2.50 bits per heavy atom. The second-order valence-corrected chi connectivity index (χ2v) is 6.70. The Balaban J connectivity index is 1.68. The van der Waals surface area contributed by atoms with E-state index < -0.39 is 11.8 Å². The zero-order valence-corrected chi connectivity index (χ0v) is 14.9. The molecule has 0 bridgehead atoms. The van der Waals surface area contributed by atoms with Crippen LogP contribution in [0.1, 0.15) is 18.4 Å². The van der Waals surface area contributed by atoms with E-state index >= 15 is 0 Å². The van der Waals surface area contributed by atoms with Crippen LogP contribution in [0.4, 0.5) is 5.69 Å². The summed E-state index contributed by atoms with van der Waals surface area (Å²) in [4.78, 5) is 24.2. The number of rotatable bonds is 6. The highest BCUT2D eigenvalue weighted by Gasteiger charge is 2.38. The summed E-state index contributed by atoms with van der Waals surface area (Å²) >= 11 is 5.86. The third-order valence-electron chi connectivity index (χ3n) is 4.14. The number of hydrogen-bond acceptors (Lipinski definition) is 4. The van der Waals surface area contributed by atoms with E-state index in [2.05, 4.69) is 5.32 Å². The molecule has 0 radical (unpaired) electrons. The minimum absolute atomic E-state index is 0.137. The van der Waals surface area contributed by atoms with Gasteiger partial charge in [0.2, 0.25) is 5.91 Å². The number of Topliss-reactive ketones (excluding diaryl/α,β-unsaturated/α-hetero) is 1. The van der Waals surface area contributed by atoms with Crippen LogP contribution in [0.3, 0.4) is 0 Å². The maximum atomic E-state index is 12.2. The lowest BCUT2D eigenvalue weighted by atomic mass is 10.0. The van der Waals surface area contributed by atoms with Gasteiger partial charge in [-0.15, -0.1) is 0 Å². The fraction of sp³-hybridized carbons (Fsp3) is 0.250. The molecule has 1 aliphatic rings. The van der Waals surface area contributed by atoms with Gasteiger partial charge >= 0.3 is 0 Å². The molecule has 3 rings (SSSR count). The summed E-state index contributed by atoms with van der Waals surface area (Å²) in [7, 11) is 0. The lowest BCUT2D eigenvalue weighted by molar-refractivity contribution is -0.129. The molecule has 1 amide bonds. The smallest absolute Gasteiger partial charge is 0.249 e. The van der Waals surface area contributed by atoms with Crippen molar-refractivity contribution in [2.45, 2.75) is 19.8 Å². The van der Waals surface area contributed by atoms with Crippen LogP contribution >= 0.6 is 11.6 Å². The molecule has 0 aliphatic heterocycles. The van der Waals surface area contributed by atoms with Crippen LogP contribution < -0.4 is 10.1 Å². The number of nitriles is 1. The van der Waals surface area contributed by atoms with Gasteiger partial charge in [0.1, 0.15) is 11.5 Å². The van der Waals surface area contributed by atoms with Crippen molar-refractivity contribution in [1.82, 2.24) is 0 Å². The number of nitrogens with one attached hydrogen (secondary N) is 1. The van der Waals surface area contributed by atoms with Gasteiger partial charge in [-0.3, -0.25) is 9.59 Å². The normalized spacial score (nSPS) is 14.2. The molecule has 5 nitrogen and oxygen atoms in total. The highest BCUT2D eigenvalue weighted by molar-refractivity contribution is 6.30. The SMILES string of the molecule is Cc1cc(NC(=O)C(C#N)C(=O)C2CC2)ccc1Oc1ccc(Cl)cc1. The standard InChI is InChI=1S/C20H17ClN2O3/c1-12-10-15(23-20(25)17(11-22)19(24)13-2-3-13)6-9-18(12)26-16-7-4-14(21)5-8-16/h4-10,13,17H,2-3H2,1H3,(H,23,25). The Bertz CT molecular complexity index is 883. The molecule has 26 heavy (non-hydrogen) atoms. The van der Waals surface area contributed by atoms with E-state index in [0.29, 0.717) is 22.2 Å². The van der Waals surface area contributed by atoms with Crippen LogP contribution in [0.15, 0.2) is 42.5 Å². The van der Waals surface area contributed by atoms with Crippen LogP contribution in [-0.2, 0) is 9.59 Å². The number of ether oxygens (including phenoxy) is 1. The van der Waals surface area contributed by atoms with E-state index in [9.17, 15) is 9.59 Å². The molecule has 1 N–H and O–H groups in total. The van der Waals surface area contributed by atoms with Crippen molar-refractivity contribution in [2.75, 3.05) is 5.32 Å². The maximum absolute atomic E-state index is 12.2. The summed E-state index contributed by atoms with van der Waals surface area (Å²) in [5.41, 5.74) is 1.32. The van der Waals surface area contributed by atoms with E-state index in [1.165, 1.54) is 0 Å². The third-order valence-corrected chi connectivity index (χ3v) is 4.39. The van der Waals surface area contributed by atoms with E-state index in [-0.39, 0.29) is 11.7 Å². The Kier molecular flexibility index (Phi) is 5.24. The molecule has 0 spiro atoms. The molecule has 1 saturated carbocycles. The van der Waals surface area contributed by atoms with Crippen LogP contribution in [0, 0.1) is 30.1 Å². The fourth-order valence-electron chi connectivity index (χ4n) is 2.54.